The quantitative estimate of drug-likeness (QED) is 0.131. The Bertz CT molecular complexity index is 1390. The molecule has 0 saturated carbocycles. The lowest BCUT2D eigenvalue weighted by Crippen LogP contribution is -2.09. The number of nitro groups is 2. The van der Waals surface area contributed by atoms with E-state index in [9.17, 15) is 29.8 Å². The second-order valence-corrected chi connectivity index (χ2v) is 8.46. The highest BCUT2D eigenvalue weighted by atomic mass is 16.6. The van der Waals surface area contributed by atoms with Gasteiger partial charge in [-0.1, -0.05) is 68.1 Å². The number of nitro benzene ring substituents is 2. The van der Waals surface area contributed by atoms with Crippen molar-refractivity contribution in [3.63, 3.8) is 0 Å². The Balaban J connectivity index is 0.000000342. The number of nitrogens with zero attached hydrogens (tertiary/aromatic N) is 2. The molecule has 2 N–H and O–H groups in total. The first-order chi connectivity index (χ1) is 19.5. The molecule has 0 aliphatic rings. The fourth-order valence-electron chi connectivity index (χ4n) is 3.20. The Hall–Kier alpha value is -5.42. The van der Waals surface area contributed by atoms with E-state index in [1.807, 2.05) is 60.7 Å². The van der Waals surface area contributed by atoms with E-state index in [2.05, 4.69) is 0 Å². The highest BCUT2D eigenvalue weighted by molar-refractivity contribution is 5.89. The van der Waals surface area contributed by atoms with Crippen molar-refractivity contribution in [1.29, 1.82) is 0 Å². The predicted octanol–water partition coefficient (Wildman–Crippen LogP) is 7.18. The minimum Gasteiger partial charge on any atom is -0.478 e. The van der Waals surface area contributed by atoms with E-state index in [0.717, 1.165) is 23.3 Å². The second kappa shape index (κ2) is 17.3. The van der Waals surface area contributed by atoms with Crippen LogP contribution in [0.2, 0.25) is 0 Å². The minimum absolute atomic E-state index is 0. The van der Waals surface area contributed by atoms with E-state index in [4.69, 9.17) is 14.9 Å². The van der Waals surface area contributed by atoms with Gasteiger partial charge < -0.3 is 14.9 Å². The normalized spacial score (nSPS) is 11.0. The second-order valence-electron chi connectivity index (χ2n) is 8.46. The number of ether oxygens (including phenoxy) is 1. The number of hydrogen-bond acceptors (Lipinski definition) is 8. The molecule has 4 rings (SSSR count). The number of carbonyl (C=O) groups is 2. The third-order valence-electron chi connectivity index (χ3n) is 5.47. The van der Waals surface area contributed by atoms with Gasteiger partial charge in [-0.2, -0.15) is 0 Å². The highest BCUT2D eigenvalue weighted by Crippen LogP contribution is 2.19. The fourth-order valence-corrected chi connectivity index (χ4v) is 3.20. The first-order valence-corrected chi connectivity index (χ1v) is 12.2. The number of carboxylic acids is 1. The number of aliphatic hydroxyl groups excluding tert-OH is 1. The summed E-state index contributed by atoms with van der Waals surface area (Å²) in [6.45, 7) is 3.54. The van der Waals surface area contributed by atoms with Gasteiger partial charge in [0.2, 0.25) is 0 Å². The van der Waals surface area contributed by atoms with Crippen LogP contribution < -0.4 is 0 Å². The summed E-state index contributed by atoms with van der Waals surface area (Å²) >= 11 is 0. The summed E-state index contributed by atoms with van der Waals surface area (Å²) in [5.74, 6) is -1.60. The number of benzene rings is 4. The van der Waals surface area contributed by atoms with Crippen LogP contribution >= 0.6 is 0 Å². The molecule has 0 unspecified atom stereocenters. The fraction of sp³-hybridized carbons (Fsp3) is 0.161. The highest BCUT2D eigenvalue weighted by Gasteiger charge is 2.15. The summed E-state index contributed by atoms with van der Waals surface area (Å²) in [5.41, 5.74) is 2.02. The van der Waals surface area contributed by atoms with Crippen molar-refractivity contribution in [3.8, 4) is 0 Å². The first-order valence-electron chi connectivity index (χ1n) is 12.2. The molecule has 0 aliphatic carbocycles. The van der Waals surface area contributed by atoms with Crippen LogP contribution in [0.15, 0.2) is 109 Å². The standard InChI is InChI=1S/C15H13NO4.C8H10O.C7H5NO4.CH4/c1-11(12-5-3-2-4-6-12)20-15(17)13-7-9-14(10-8-13)16(18)19;1-7(9)8-5-3-2-4-6-8;9-7(10)5-1-3-6(4-2-5)8(11)12;/h2-11H,1H3;2-7,9H,1H3;1-4H,(H,9,10);1H4/t11-;7-;;/m10../s1. The van der Waals surface area contributed by atoms with Gasteiger partial charge in [-0.3, -0.25) is 20.2 Å². The van der Waals surface area contributed by atoms with Crippen LogP contribution in [0.1, 0.15) is 65.3 Å². The Morgan fingerprint density at radius 3 is 1.38 bits per heavy atom. The summed E-state index contributed by atoms with van der Waals surface area (Å²) in [4.78, 5) is 41.8. The van der Waals surface area contributed by atoms with Crippen molar-refractivity contribution in [2.24, 2.45) is 0 Å². The van der Waals surface area contributed by atoms with Gasteiger partial charge in [0, 0.05) is 24.3 Å². The van der Waals surface area contributed by atoms with E-state index in [1.165, 1.54) is 36.4 Å². The maximum atomic E-state index is 11.9. The topological polar surface area (TPSA) is 170 Å². The number of carboxylic acid groups (broad SMARTS) is 1. The Kier molecular flexibility index (Phi) is 14.3. The average molecular weight is 577 g/mol. The third-order valence-corrected chi connectivity index (χ3v) is 5.47. The molecule has 0 fully saturated rings. The number of carbonyl (C=O) groups excluding carboxylic acids is 1. The molecular formula is C31H32N2O9. The van der Waals surface area contributed by atoms with E-state index >= 15 is 0 Å². The summed E-state index contributed by atoms with van der Waals surface area (Å²) in [6, 6.07) is 29.0. The lowest BCUT2D eigenvalue weighted by molar-refractivity contribution is -0.385. The molecule has 0 bridgehead atoms. The molecule has 0 spiro atoms. The molecule has 0 aliphatic heterocycles. The Morgan fingerprint density at radius 1 is 0.667 bits per heavy atom. The SMILES string of the molecule is C.C[C@@H](OC(=O)c1ccc([N+](=O)[O-])cc1)c1ccccc1.C[C@H](O)c1ccccc1.O=C(O)c1ccc([N+](=O)[O-])cc1. The smallest absolute Gasteiger partial charge is 0.338 e. The number of aromatic carboxylic acids is 1. The van der Waals surface area contributed by atoms with Crippen molar-refractivity contribution in [2.45, 2.75) is 33.5 Å². The van der Waals surface area contributed by atoms with Gasteiger partial charge in [0.1, 0.15) is 6.10 Å². The zero-order valence-electron chi connectivity index (χ0n) is 22.2. The number of aliphatic hydroxyl groups is 1. The Labute approximate surface area is 243 Å². The van der Waals surface area contributed by atoms with Crippen molar-refractivity contribution in [2.75, 3.05) is 0 Å². The summed E-state index contributed by atoms with van der Waals surface area (Å²) < 4.78 is 5.31. The molecule has 0 amide bonds. The largest absolute Gasteiger partial charge is 0.478 e. The lowest BCUT2D eigenvalue weighted by Gasteiger charge is -2.13. The minimum atomic E-state index is -1.09. The zero-order valence-corrected chi connectivity index (χ0v) is 22.2. The molecular weight excluding hydrogens is 544 g/mol. The van der Waals surface area contributed by atoms with Crippen LogP contribution in [-0.4, -0.2) is 32.0 Å². The zero-order chi connectivity index (χ0) is 30.4. The predicted molar refractivity (Wildman–Crippen MR) is 157 cm³/mol. The van der Waals surface area contributed by atoms with Crippen molar-refractivity contribution < 1.29 is 34.4 Å². The third kappa shape index (κ3) is 11.4. The number of esters is 1. The molecule has 0 heterocycles. The van der Waals surface area contributed by atoms with Gasteiger partial charge in [-0.25, -0.2) is 9.59 Å². The summed E-state index contributed by atoms with van der Waals surface area (Å²) in [5, 5.41) is 38.1. The van der Waals surface area contributed by atoms with Crippen LogP contribution in [0.4, 0.5) is 11.4 Å². The van der Waals surface area contributed by atoms with Gasteiger partial charge in [0.15, 0.2) is 0 Å². The van der Waals surface area contributed by atoms with E-state index < -0.39 is 21.8 Å². The maximum Gasteiger partial charge on any atom is 0.338 e. The molecule has 11 heteroatoms. The van der Waals surface area contributed by atoms with E-state index in [1.54, 1.807) is 13.8 Å². The Morgan fingerprint density at radius 2 is 1.05 bits per heavy atom. The molecule has 2 atom stereocenters. The molecule has 11 nitrogen and oxygen atoms in total. The van der Waals surface area contributed by atoms with Crippen LogP contribution in [0.3, 0.4) is 0 Å². The van der Waals surface area contributed by atoms with Gasteiger partial charge in [0.25, 0.3) is 11.4 Å². The van der Waals surface area contributed by atoms with Crippen LogP contribution in [0.25, 0.3) is 0 Å². The van der Waals surface area contributed by atoms with Gasteiger partial charge in [0.05, 0.1) is 27.1 Å². The first kappa shape index (κ1) is 34.6. The molecule has 220 valence electrons. The van der Waals surface area contributed by atoms with E-state index in [-0.39, 0.29) is 36.6 Å². The molecule has 4 aromatic carbocycles. The van der Waals surface area contributed by atoms with Crippen LogP contribution in [-0.2, 0) is 4.74 Å². The van der Waals surface area contributed by atoms with E-state index in [0.29, 0.717) is 5.56 Å². The molecule has 4 aromatic rings. The molecule has 42 heavy (non-hydrogen) atoms. The number of non-ortho nitro benzene ring substituents is 2. The van der Waals surface area contributed by atoms with Crippen LogP contribution in [0, 0.1) is 20.2 Å². The number of rotatable bonds is 7. The number of hydrogen-bond donors (Lipinski definition) is 2. The van der Waals surface area contributed by atoms with Crippen molar-refractivity contribution in [3.05, 3.63) is 152 Å². The molecule has 0 saturated heterocycles. The summed E-state index contributed by atoms with van der Waals surface area (Å²) in [6.07, 6.45) is -0.718. The van der Waals surface area contributed by atoms with Crippen molar-refractivity contribution >= 4 is 23.3 Å². The van der Waals surface area contributed by atoms with Crippen molar-refractivity contribution in [1.82, 2.24) is 0 Å². The summed E-state index contributed by atoms with van der Waals surface area (Å²) in [7, 11) is 0. The molecule has 0 radical (unpaired) electrons. The lowest BCUT2D eigenvalue weighted by atomic mass is 10.1. The van der Waals surface area contributed by atoms with Crippen LogP contribution in [0.5, 0.6) is 0 Å². The van der Waals surface area contributed by atoms with Gasteiger partial charge in [-0.05, 0) is 49.2 Å². The average Bonchev–Trinajstić information content (AvgIpc) is 2.98. The van der Waals surface area contributed by atoms with Gasteiger partial charge >= 0.3 is 11.9 Å². The maximum absolute atomic E-state index is 11.9. The van der Waals surface area contributed by atoms with Gasteiger partial charge in [-0.15, -0.1) is 0 Å². The molecule has 0 aromatic heterocycles. The monoisotopic (exact) mass is 576 g/mol.